The Balaban J connectivity index is 0.000000853. The molecule has 15 heavy (non-hydrogen) atoms. The second-order valence-corrected chi connectivity index (χ2v) is 5.05. The zero-order chi connectivity index (χ0) is 9.60. The lowest BCUT2D eigenvalue weighted by atomic mass is 9.56. The van der Waals surface area contributed by atoms with Crippen LogP contribution in [-0.4, -0.2) is 13.1 Å². The van der Waals surface area contributed by atoms with Gasteiger partial charge < -0.3 is 5.32 Å². The third-order valence-electron chi connectivity index (χ3n) is 3.89. The molecule has 4 rings (SSSR count). The highest BCUT2D eigenvalue weighted by atomic mass is 35.5. The van der Waals surface area contributed by atoms with Gasteiger partial charge in [-0.2, -0.15) is 0 Å². The zero-order valence-corrected chi connectivity index (χ0v) is 9.94. The van der Waals surface area contributed by atoms with Crippen molar-refractivity contribution in [3.05, 3.63) is 35.4 Å². The molecule has 2 heterocycles. The van der Waals surface area contributed by atoms with Crippen LogP contribution in [0.25, 0.3) is 0 Å². The minimum Gasteiger partial charge on any atom is -0.316 e. The van der Waals surface area contributed by atoms with E-state index in [1.165, 1.54) is 31.5 Å². The van der Waals surface area contributed by atoms with Crippen molar-refractivity contribution in [3.8, 4) is 0 Å². The average molecular weight is 224 g/mol. The predicted molar refractivity (Wildman–Crippen MR) is 65.7 cm³/mol. The van der Waals surface area contributed by atoms with E-state index in [2.05, 4.69) is 36.5 Å². The standard InChI is InChI=1S/C13H17N.ClH/c1-10-3-2-4-12(5-10)13-6-11(7-13)8-14-9-13;/h2-5,11,14H,6-9H2,1H3;1H. The molecule has 0 spiro atoms. The molecule has 0 amide bonds. The van der Waals surface area contributed by atoms with Crippen LogP contribution in [0, 0.1) is 12.8 Å². The molecule has 1 aliphatic carbocycles. The van der Waals surface area contributed by atoms with Crippen LogP contribution < -0.4 is 5.32 Å². The summed E-state index contributed by atoms with van der Waals surface area (Å²) >= 11 is 0. The zero-order valence-electron chi connectivity index (χ0n) is 9.12. The molecule has 1 aromatic carbocycles. The van der Waals surface area contributed by atoms with E-state index >= 15 is 0 Å². The maximum Gasteiger partial charge on any atom is 0.00841 e. The number of rotatable bonds is 1. The first-order valence-corrected chi connectivity index (χ1v) is 5.56. The van der Waals surface area contributed by atoms with Crippen LogP contribution in [0.4, 0.5) is 0 Å². The first kappa shape index (κ1) is 11.0. The maximum atomic E-state index is 3.54. The van der Waals surface area contributed by atoms with E-state index in [0.29, 0.717) is 5.41 Å². The SMILES string of the molecule is Cc1cccc(C23CNCC(C2)C3)c1.Cl. The third kappa shape index (κ3) is 1.68. The Kier molecular flexibility index (Phi) is 2.78. The summed E-state index contributed by atoms with van der Waals surface area (Å²) in [6.45, 7) is 4.62. The Bertz CT molecular complexity index is 350. The monoisotopic (exact) mass is 223 g/mol. The molecule has 2 heteroatoms. The lowest BCUT2D eigenvalue weighted by molar-refractivity contribution is 0.0900. The van der Waals surface area contributed by atoms with Gasteiger partial charge in [-0.05, 0) is 37.8 Å². The largest absolute Gasteiger partial charge is 0.316 e. The molecule has 0 atom stereocenters. The molecule has 1 nitrogen and oxygen atoms in total. The number of piperidine rings is 2. The summed E-state index contributed by atoms with van der Waals surface area (Å²) in [4.78, 5) is 0. The van der Waals surface area contributed by atoms with Crippen molar-refractivity contribution >= 4 is 12.4 Å². The van der Waals surface area contributed by atoms with Gasteiger partial charge in [-0.1, -0.05) is 29.8 Å². The van der Waals surface area contributed by atoms with Gasteiger partial charge in [0.25, 0.3) is 0 Å². The van der Waals surface area contributed by atoms with Crippen LogP contribution in [0.1, 0.15) is 24.0 Å². The van der Waals surface area contributed by atoms with Gasteiger partial charge in [0.2, 0.25) is 0 Å². The van der Waals surface area contributed by atoms with Gasteiger partial charge in [0.15, 0.2) is 0 Å². The van der Waals surface area contributed by atoms with E-state index in [-0.39, 0.29) is 12.4 Å². The van der Waals surface area contributed by atoms with Gasteiger partial charge in [0.05, 0.1) is 0 Å². The number of benzene rings is 1. The summed E-state index contributed by atoms with van der Waals surface area (Å²) in [5.41, 5.74) is 3.45. The van der Waals surface area contributed by atoms with Crippen molar-refractivity contribution in [1.82, 2.24) is 5.32 Å². The fourth-order valence-corrected chi connectivity index (χ4v) is 3.16. The molecule has 0 radical (unpaired) electrons. The predicted octanol–water partition coefficient (Wildman–Crippen LogP) is 2.67. The fourth-order valence-electron chi connectivity index (χ4n) is 3.16. The molecule has 2 aliphatic heterocycles. The smallest absolute Gasteiger partial charge is 0.00841 e. The molecule has 2 bridgehead atoms. The molecule has 1 aromatic rings. The van der Waals surface area contributed by atoms with Crippen LogP contribution in [0.2, 0.25) is 0 Å². The molecular weight excluding hydrogens is 206 g/mol. The van der Waals surface area contributed by atoms with Gasteiger partial charge >= 0.3 is 0 Å². The first-order valence-electron chi connectivity index (χ1n) is 5.56. The molecule has 0 aromatic heterocycles. The lowest BCUT2D eigenvalue weighted by Crippen LogP contribution is -2.57. The van der Waals surface area contributed by atoms with Gasteiger partial charge in [-0.15, -0.1) is 12.4 Å². The van der Waals surface area contributed by atoms with E-state index in [0.717, 1.165) is 5.92 Å². The van der Waals surface area contributed by atoms with Crippen LogP contribution in [0.3, 0.4) is 0 Å². The third-order valence-corrected chi connectivity index (χ3v) is 3.89. The number of aryl methyl sites for hydroxylation is 1. The lowest BCUT2D eigenvalue weighted by Gasteiger charge is -2.53. The molecule has 1 saturated carbocycles. The number of hydrogen-bond donors (Lipinski definition) is 1. The fraction of sp³-hybridized carbons (Fsp3) is 0.538. The Morgan fingerprint density at radius 1 is 1.33 bits per heavy atom. The quantitative estimate of drug-likeness (QED) is 0.772. The van der Waals surface area contributed by atoms with Crippen LogP contribution in [0.15, 0.2) is 24.3 Å². The van der Waals surface area contributed by atoms with Gasteiger partial charge in [0.1, 0.15) is 0 Å². The van der Waals surface area contributed by atoms with Crippen LogP contribution in [0.5, 0.6) is 0 Å². The summed E-state index contributed by atoms with van der Waals surface area (Å²) < 4.78 is 0. The molecule has 3 fully saturated rings. The Hall–Kier alpha value is -0.530. The summed E-state index contributed by atoms with van der Waals surface area (Å²) in [5, 5.41) is 3.54. The number of halogens is 1. The molecule has 2 saturated heterocycles. The van der Waals surface area contributed by atoms with E-state index < -0.39 is 0 Å². The minimum absolute atomic E-state index is 0. The van der Waals surface area contributed by atoms with Crippen LogP contribution in [-0.2, 0) is 5.41 Å². The van der Waals surface area contributed by atoms with E-state index in [1.54, 1.807) is 5.56 Å². The molecular formula is C13H18ClN. The van der Waals surface area contributed by atoms with Crippen molar-refractivity contribution < 1.29 is 0 Å². The Morgan fingerprint density at radius 3 is 2.73 bits per heavy atom. The second-order valence-electron chi connectivity index (χ2n) is 5.05. The number of nitrogens with one attached hydrogen (secondary N) is 1. The van der Waals surface area contributed by atoms with Crippen molar-refractivity contribution in [2.75, 3.05) is 13.1 Å². The summed E-state index contributed by atoms with van der Waals surface area (Å²) in [6, 6.07) is 9.05. The summed E-state index contributed by atoms with van der Waals surface area (Å²) in [5.74, 6) is 0.948. The Morgan fingerprint density at radius 2 is 2.13 bits per heavy atom. The normalized spacial score (nSPS) is 32.7. The van der Waals surface area contributed by atoms with Crippen molar-refractivity contribution in [2.24, 2.45) is 5.92 Å². The van der Waals surface area contributed by atoms with E-state index in [9.17, 15) is 0 Å². The van der Waals surface area contributed by atoms with Crippen molar-refractivity contribution in [1.29, 1.82) is 0 Å². The Labute approximate surface area is 97.7 Å². The summed E-state index contributed by atoms with van der Waals surface area (Å²) in [6.07, 6.45) is 2.81. The van der Waals surface area contributed by atoms with Crippen molar-refractivity contribution in [2.45, 2.75) is 25.2 Å². The minimum atomic E-state index is 0. The second kappa shape index (κ2) is 3.80. The number of hydrogen-bond acceptors (Lipinski definition) is 1. The highest BCUT2D eigenvalue weighted by Crippen LogP contribution is 2.49. The van der Waals surface area contributed by atoms with E-state index in [1.807, 2.05) is 0 Å². The van der Waals surface area contributed by atoms with E-state index in [4.69, 9.17) is 0 Å². The van der Waals surface area contributed by atoms with Gasteiger partial charge in [0, 0.05) is 12.0 Å². The highest BCUT2D eigenvalue weighted by Gasteiger charge is 2.47. The van der Waals surface area contributed by atoms with Gasteiger partial charge in [-0.3, -0.25) is 0 Å². The molecule has 1 N–H and O–H groups in total. The molecule has 82 valence electrons. The topological polar surface area (TPSA) is 12.0 Å². The van der Waals surface area contributed by atoms with Crippen LogP contribution >= 0.6 is 12.4 Å². The maximum absolute atomic E-state index is 3.54. The molecule has 0 unspecified atom stereocenters. The first-order chi connectivity index (χ1) is 6.78. The van der Waals surface area contributed by atoms with Crippen molar-refractivity contribution in [3.63, 3.8) is 0 Å². The average Bonchev–Trinajstić information content (AvgIpc) is 2.17. The van der Waals surface area contributed by atoms with Gasteiger partial charge in [-0.25, -0.2) is 0 Å². The molecule has 3 aliphatic rings. The highest BCUT2D eigenvalue weighted by molar-refractivity contribution is 5.85. The number of fused-ring (bicyclic) bond motifs is 2. The summed E-state index contributed by atoms with van der Waals surface area (Å²) in [7, 11) is 0.